The Kier molecular flexibility index (Phi) is 3.76. The minimum atomic E-state index is -0.506. The summed E-state index contributed by atoms with van der Waals surface area (Å²) in [4.78, 5) is 16.3. The molecule has 0 aliphatic heterocycles. The Morgan fingerprint density at radius 1 is 1.32 bits per heavy atom. The van der Waals surface area contributed by atoms with Crippen LogP contribution < -0.4 is 5.32 Å². The van der Waals surface area contributed by atoms with E-state index in [1.807, 2.05) is 44.2 Å². The second kappa shape index (κ2) is 5.49. The zero-order valence-electron chi connectivity index (χ0n) is 10.9. The molecule has 1 amide bonds. The highest BCUT2D eigenvalue weighted by Gasteiger charge is 2.18. The van der Waals surface area contributed by atoms with Crippen molar-refractivity contribution >= 4 is 16.7 Å². The summed E-state index contributed by atoms with van der Waals surface area (Å²) in [6.45, 7) is 3.79. The molecule has 1 N–H and O–H groups in total. The Morgan fingerprint density at radius 2 is 2.05 bits per heavy atom. The maximum atomic E-state index is 12.2. The van der Waals surface area contributed by atoms with Gasteiger partial charge in [0.25, 0.3) is 5.91 Å². The Labute approximate surface area is 112 Å². The molecule has 19 heavy (non-hydrogen) atoms. The van der Waals surface area contributed by atoms with E-state index in [9.17, 15) is 4.79 Å². The molecule has 4 heteroatoms. The van der Waals surface area contributed by atoms with Crippen molar-refractivity contribution in [3.05, 3.63) is 42.2 Å². The monoisotopic (exact) mass is 253 g/mol. The summed E-state index contributed by atoms with van der Waals surface area (Å²) in [7, 11) is 0. The molecule has 4 nitrogen and oxygen atoms in total. The molecule has 1 atom stereocenters. The summed E-state index contributed by atoms with van der Waals surface area (Å²) in [6.07, 6.45) is 1.61. The molecule has 0 aliphatic rings. The van der Waals surface area contributed by atoms with E-state index >= 15 is 0 Å². The third-order valence-corrected chi connectivity index (χ3v) is 2.98. The lowest BCUT2D eigenvalue weighted by atomic mass is 10.1. The number of carbonyl (C=O) groups excluding carboxylic acids is 1. The van der Waals surface area contributed by atoms with Crippen LogP contribution in [0, 0.1) is 17.2 Å². The lowest BCUT2D eigenvalue weighted by molar-refractivity contribution is 0.0934. The van der Waals surface area contributed by atoms with E-state index in [1.54, 1.807) is 6.20 Å². The van der Waals surface area contributed by atoms with E-state index in [2.05, 4.69) is 16.4 Å². The van der Waals surface area contributed by atoms with Gasteiger partial charge in [-0.25, -0.2) is 0 Å². The van der Waals surface area contributed by atoms with Crippen LogP contribution in [0.1, 0.15) is 24.3 Å². The van der Waals surface area contributed by atoms with E-state index in [-0.39, 0.29) is 11.8 Å². The number of hydrogen-bond donors (Lipinski definition) is 1. The van der Waals surface area contributed by atoms with Gasteiger partial charge < -0.3 is 5.32 Å². The van der Waals surface area contributed by atoms with E-state index in [0.29, 0.717) is 5.69 Å². The number of carbonyl (C=O) groups is 1. The van der Waals surface area contributed by atoms with Crippen molar-refractivity contribution in [3.63, 3.8) is 0 Å². The molecular formula is C15H15N3O. The van der Waals surface area contributed by atoms with Gasteiger partial charge >= 0.3 is 0 Å². The summed E-state index contributed by atoms with van der Waals surface area (Å²) in [6, 6.07) is 11.0. The van der Waals surface area contributed by atoms with Crippen LogP contribution in [0.25, 0.3) is 10.8 Å². The van der Waals surface area contributed by atoms with Gasteiger partial charge in [0.1, 0.15) is 11.7 Å². The molecule has 2 aromatic rings. The molecule has 0 radical (unpaired) electrons. The lowest BCUT2D eigenvalue weighted by Crippen LogP contribution is -2.37. The molecule has 1 aromatic carbocycles. The number of aromatic nitrogens is 1. The van der Waals surface area contributed by atoms with Gasteiger partial charge in [-0.2, -0.15) is 5.26 Å². The molecule has 2 rings (SSSR count). The Morgan fingerprint density at radius 3 is 2.74 bits per heavy atom. The van der Waals surface area contributed by atoms with E-state index in [1.165, 1.54) is 0 Å². The first-order valence-electron chi connectivity index (χ1n) is 6.17. The maximum Gasteiger partial charge on any atom is 0.271 e. The molecule has 0 aliphatic carbocycles. The normalized spacial score (nSPS) is 12.1. The predicted octanol–water partition coefficient (Wildman–Crippen LogP) is 2.51. The molecule has 0 fully saturated rings. The van der Waals surface area contributed by atoms with Crippen molar-refractivity contribution in [2.75, 3.05) is 0 Å². The predicted molar refractivity (Wildman–Crippen MR) is 73.4 cm³/mol. The highest BCUT2D eigenvalue weighted by molar-refractivity contribution is 6.05. The van der Waals surface area contributed by atoms with Crippen LogP contribution >= 0.6 is 0 Å². The first kappa shape index (κ1) is 13.0. The molecule has 0 spiro atoms. The van der Waals surface area contributed by atoms with Gasteiger partial charge in [0.05, 0.1) is 6.07 Å². The van der Waals surface area contributed by atoms with Gasteiger partial charge in [0.15, 0.2) is 0 Å². The van der Waals surface area contributed by atoms with Crippen molar-refractivity contribution in [1.82, 2.24) is 10.3 Å². The number of nitriles is 1. The van der Waals surface area contributed by atoms with Gasteiger partial charge in [-0.05, 0) is 17.4 Å². The second-order valence-corrected chi connectivity index (χ2v) is 4.70. The average Bonchev–Trinajstić information content (AvgIpc) is 2.43. The number of fused-ring (bicyclic) bond motifs is 1. The SMILES string of the molecule is CC(C)C(C#N)NC(=O)c1nccc2ccccc12. The zero-order valence-corrected chi connectivity index (χ0v) is 10.9. The number of hydrogen-bond acceptors (Lipinski definition) is 3. The topological polar surface area (TPSA) is 65.8 Å². The van der Waals surface area contributed by atoms with Gasteiger partial charge in [0, 0.05) is 11.6 Å². The molecule has 1 aromatic heterocycles. The minimum absolute atomic E-state index is 0.0592. The van der Waals surface area contributed by atoms with Crippen molar-refractivity contribution in [3.8, 4) is 6.07 Å². The maximum absolute atomic E-state index is 12.2. The van der Waals surface area contributed by atoms with Crippen molar-refractivity contribution in [2.45, 2.75) is 19.9 Å². The molecule has 0 bridgehead atoms. The van der Waals surface area contributed by atoms with Crippen LogP contribution in [0.4, 0.5) is 0 Å². The first-order valence-corrected chi connectivity index (χ1v) is 6.17. The second-order valence-electron chi connectivity index (χ2n) is 4.70. The molecule has 1 unspecified atom stereocenters. The lowest BCUT2D eigenvalue weighted by Gasteiger charge is -2.15. The van der Waals surface area contributed by atoms with Crippen molar-refractivity contribution < 1.29 is 4.79 Å². The van der Waals surface area contributed by atoms with Gasteiger partial charge in [0.2, 0.25) is 0 Å². The number of amides is 1. The quantitative estimate of drug-likeness (QED) is 0.914. The highest BCUT2D eigenvalue weighted by atomic mass is 16.1. The largest absolute Gasteiger partial charge is 0.335 e. The smallest absolute Gasteiger partial charge is 0.271 e. The number of nitrogens with zero attached hydrogens (tertiary/aromatic N) is 2. The fraction of sp³-hybridized carbons (Fsp3) is 0.267. The fourth-order valence-corrected chi connectivity index (χ4v) is 1.86. The average molecular weight is 253 g/mol. The standard InChI is InChI=1S/C15H15N3O/c1-10(2)13(9-16)18-15(19)14-12-6-4-3-5-11(12)7-8-17-14/h3-8,10,13H,1-2H3,(H,18,19). The summed E-state index contributed by atoms with van der Waals surface area (Å²) in [5.41, 5.74) is 0.360. The van der Waals surface area contributed by atoms with Gasteiger partial charge in [-0.15, -0.1) is 0 Å². The number of benzene rings is 1. The van der Waals surface area contributed by atoms with Crippen molar-refractivity contribution in [2.24, 2.45) is 5.92 Å². The van der Waals surface area contributed by atoms with Crippen LogP contribution in [0.5, 0.6) is 0 Å². The summed E-state index contributed by atoms with van der Waals surface area (Å²) >= 11 is 0. The summed E-state index contributed by atoms with van der Waals surface area (Å²) < 4.78 is 0. The number of rotatable bonds is 3. The van der Waals surface area contributed by atoms with Crippen LogP contribution in [0.2, 0.25) is 0 Å². The summed E-state index contributed by atoms with van der Waals surface area (Å²) in [5.74, 6) is -0.249. The molecule has 0 saturated heterocycles. The Balaban J connectivity index is 2.35. The third-order valence-electron chi connectivity index (χ3n) is 2.98. The van der Waals surface area contributed by atoms with E-state index < -0.39 is 6.04 Å². The number of nitrogens with one attached hydrogen (secondary N) is 1. The minimum Gasteiger partial charge on any atom is -0.335 e. The summed E-state index contributed by atoms with van der Waals surface area (Å²) in [5, 5.41) is 13.5. The van der Waals surface area contributed by atoms with E-state index in [4.69, 9.17) is 5.26 Å². The van der Waals surface area contributed by atoms with Gasteiger partial charge in [-0.3, -0.25) is 9.78 Å². The van der Waals surface area contributed by atoms with Crippen LogP contribution in [-0.2, 0) is 0 Å². The molecule has 1 heterocycles. The Bertz CT molecular complexity index is 638. The Hall–Kier alpha value is -2.41. The highest BCUT2D eigenvalue weighted by Crippen LogP contribution is 2.16. The first-order chi connectivity index (χ1) is 9.13. The van der Waals surface area contributed by atoms with Crippen LogP contribution in [0.3, 0.4) is 0 Å². The molecule has 96 valence electrons. The fourth-order valence-electron chi connectivity index (χ4n) is 1.86. The molecular weight excluding hydrogens is 238 g/mol. The zero-order chi connectivity index (χ0) is 13.8. The van der Waals surface area contributed by atoms with E-state index in [0.717, 1.165) is 10.8 Å². The van der Waals surface area contributed by atoms with Crippen molar-refractivity contribution in [1.29, 1.82) is 5.26 Å². The van der Waals surface area contributed by atoms with Gasteiger partial charge in [-0.1, -0.05) is 38.1 Å². The third kappa shape index (κ3) is 2.71. The molecule has 0 saturated carbocycles. The van der Waals surface area contributed by atoms with Crippen LogP contribution in [0.15, 0.2) is 36.5 Å². The number of pyridine rings is 1. The van der Waals surface area contributed by atoms with Crippen LogP contribution in [-0.4, -0.2) is 16.9 Å².